The first kappa shape index (κ1) is 13.4. The van der Waals surface area contributed by atoms with E-state index in [0.717, 1.165) is 0 Å². The first-order valence-electron chi connectivity index (χ1n) is 5.17. The van der Waals surface area contributed by atoms with Gasteiger partial charge in [0.25, 0.3) is 0 Å². The minimum Gasteiger partial charge on any atom is -0.267 e. The average Bonchev–Trinajstić information content (AvgIpc) is 2.78. The number of H-pyrrole nitrogens is 1. The third-order valence-electron chi connectivity index (χ3n) is 2.52. The van der Waals surface area contributed by atoms with Crippen molar-refractivity contribution >= 4 is 33.0 Å². The Balaban J connectivity index is 2.63. The number of nitrogens with zero attached hydrogens (tertiary/aromatic N) is 1. The zero-order chi connectivity index (χ0) is 13.3. The zero-order valence-corrected chi connectivity index (χ0v) is 11.8. The highest BCUT2D eigenvalue weighted by atomic mass is 35.5. The van der Waals surface area contributed by atoms with Crippen LogP contribution in [-0.4, -0.2) is 24.4 Å². The fourth-order valence-corrected chi connectivity index (χ4v) is 3.04. The van der Waals surface area contributed by atoms with Crippen LogP contribution in [0, 0.1) is 0 Å². The summed E-state index contributed by atoms with van der Waals surface area (Å²) in [6.45, 7) is 1.57. The number of aromatic nitrogens is 2. The van der Waals surface area contributed by atoms with Gasteiger partial charge in [-0.3, -0.25) is 5.10 Å². The standard InChI is InChI=1S/C11H10Cl2N2O2S/c1-2-18(16,17)11-9(6-14-15-11)8-4-3-7(12)5-10(8)13/h3-6H,2H2,1H3,(H,14,15). The first-order valence-corrected chi connectivity index (χ1v) is 7.58. The number of hydrogen-bond donors (Lipinski definition) is 1. The van der Waals surface area contributed by atoms with E-state index in [1.165, 1.54) is 6.20 Å². The molecule has 2 rings (SSSR count). The molecule has 18 heavy (non-hydrogen) atoms. The summed E-state index contributed by atoms with van der Waals surface area (Å²) in [5, 5.41) is 7.24. The Morgan fingerprint density at radius 1 is 1.28 bits per heavy atom. The predicted molar refractivity (Wildman–Crippen MR) is 71.8 cm³/mol. The van der Waals surface area contributed by atoms with Crippen LogP contribution in [0.5, 0.6) is 0 Å². The molecule has 0 amide bonds. The van der Waals surface area contributed by atoms with Gasteiger partial charge >= 0.3 is 0 Å². The highest BCUT2D eigenvalue weighted by molar-refractivity contribution is 7.91. The number of sulfone groups is 1. The van der Waals surface area contributed by atoms with Crippen LogP contribution in [-0.2, 0) is 9.84 Å². The van der Waals surface area contributed by atoms with Gasteiger partial charge in [0.1, 0.15) is 0 Å². The van der Waals surface area contributed by atoms with E-state index in [4.69, 9.17) is 23.2 Å². The average molecular weight is 305 g/mol. The van der Waals surface area contributed by atoms with E-state index >= 15 is 0 Å². The number of hydrogen-bond acceptors (Lipinski definition) is 3. The fraction of sp³-hybridized carbons (Fsp3) is 0.182. The zero-order valence-electron chi connectivity index (χ0n) is 9.44. The van der Waals surface area contributed by atoms with Crippen molar-refractivity contribution in [2.24, 2.45) is 0 Å². The summed E-state index contributed by atoms with van der Waals surface area (Å²) >= 11 is 11.9. The number of benzene rings is 1. The molecule has 0 bridgehead atoms. The van der Waals surface area contributed by atoms with Gasteiger partial charge in [-0.25, -0.2) is 8.42 Å². The van der Waals surface area contributed by atoms with Crippen LogP contribution in [0.3, 0.4) is 0 Å². The molecule has 0 aliphatic heterocycles. The van der Waals surface area contributed by atoms with Gasteiger partial charge in [-0.1, -0.05) is 36.2 Å². The van der Waals surface area contributed by atoms with Gasteiger partial charge in [0, 0.05) is 16.1 Å². The summed E-state index contributed by atoms with van der Waals surface area (Å²) in [7, 11) is -3.37. The highest BCUT2D eigenvalue weighted by Crippen LogP contribution is 2.33. The molecule has 0 atom stereocenters. The lowest BCUT2D eigenvalue weighted by molar-refractivity contribution is 0.593. The number of aromatic amines is 1. The lowest BCUT2D eigenvalue weighted by Crippen LogP contribution is -2.05. The van der Waals surface area contributed by atoms with Crippen molar-refractivity contribution in [2.45, 2.75) is 11.9 Å². The highest BCUT2D eigenvalue weighted by Gasteiger charge is 2.21. The Morgan fingerprint density at radius 2 is 2.00 bits per heavy atom. The molecule has 7 heteroatoms. The fourth-order valence-electron chi connectivity index (χ4n) is 1.56. The molecule has 1 heterocycles. The summed E-state index contributed by atoms with van der Waals surface area (Å²) in [5.74, 6) is -0.00655. The molecule has 1 N–H and O–H groups in total. The Morgan fingerprint density at radius 3 is 2.61 bits per heavy atom. The van der Waals surface area contributed by atoms with E-state index in [1.807, 2.05) is 0 Å². The minimum absolute atomic E-state index is 0.00655. The van der Waals surface area contributed by atoms with E-state index in [2.05, 4.69) is 10.2 Å². The Kier molecular flexibility index (Phi) is 3.66. The van der Waals surface area contributed by atoms with Crippen LogP contribution >= 0.6 is 23.2 Å². The van der Waals surface area contributed by atoms with Crippen LogP contribution < -0.4 is 0 Å². The van der Waals surface area contributed by atoms with E-state index in [-0.39, 0.29) is 10.8 Å². The molecule has 1 aromatic heterocycles. The van der Waals surface area contributed by atoms with Gasteiger partial charge in [-0.05, 0) is 12.1 Å². The largest absolute Gasteiger partial charge is 0.267 e. The maximum Gasteiger partial charge on any atom is 0.195 e. The van der Waals surface area contributed by atoms with Gasteiger partial charge in [0.15, 0.2) is 14.9 Å². The lowest BCUT2D eigenvalue weighted by atomic mass is 10.1. The predicted octanol–water partition coefficient (Wildman–Crippen LogP) is 3.18. The van der Waals surface area contributed by atoms with Gasteiger partial charge in [0.05, 0.1) is 17.0 Å². The Bertz CT molecular complexity index is 680. The summed E-state index contributed by atoms with van der Waals surface area (Å²) in [6, 6.07) is 4.89. The van der Waals surface area contributed by atoms with Gasteiger partial charge < -0.3 is 0 Å². The van der Waals surface area contributed by atoms with Crippen molar-refractivity contribution in [3.8, 4) is 11.1 Å². The van der Waals surface area contributed by atoms with Gasteiger partial charge in [0.2, 0.25) is 0 Å². The molecule has 2 aromatic rings. The van der Waals surface area contributed by atoms with Crippen molar-refractivity contribution < 1.29 is 8.42 Å². The van der Waals surface area contributed by atoms with Crippen LogP contribution in [0.1, 0.15) is 6.92 Å². The SMILES string of the molecule is CCS(=O)(=O)c1[nH]ncc1-c1ccc(Cl)cc1Cl. The van der Waals surface area contributed by atoms with Crippen LogP contribution in [0.15, 0.2) is 29.4 Å². The number of halogens is 2. The molecular formula is C11H10Cl2N2O2S. The van der Waals surface area contributed by atoms with E-state index in [9.17, 15) is 8.42 Å². The normalized spacial score (nSPS) is 11.7. The van der Waals surface area contributed by atoms with Crippen molar-refractivity contribution in [1.29, 1.82) is 0 Å². The molecule has 0 saturated carbocycles. The molecular weight excluding hydrogens is 295 g/mol. The number of rotatable bonds is 3. The molecule has 1 aromatic carbocycles. The Labute approximate surface area is 115 Å². The minimum atomic E-state index is -3.37. The molecule has 0 radical (unpaired) electrons. The van der Waals surface area contributed by atoms with Gasteiger partial charge in [-0.15, -0.1) is 0 Å². The van der Waals surface area contributed by atoms with Crippen molar-refractivity contribution in [1.82, 2.24) is 10.2 Å². The molecule has 96 valence electrons. The van der Waals surface area contributed by atoms with Crippen LogP contribution in [0.25, 0.3) is 11.1 Å². The van der Waals surface area contributed by atoms with E-state index in [1.54, 1.807) is 25.1 Å². The summed E-state index contributed by atoms with van der Waals surface area (Å²) in [5.41, 5.74) is 1.04. The maximum absolute atomic E-state index is 11.9. The summed E-state index contributed by atoms with van der Waals surface area (Å²) < 4.78 is 23.8. The van der Waals surface area contributed by atoms with Crippen molar-refractivity contribution in [3.05, 3.63) is 34.4 Å². The molecule has 0 aliphatic rings. The third-order valence-corrected chi connectivity index (χ3v) is 4.76. The summed E-state index contributed by atoms with van der Waals surface area (Å²) in [6.07, 6.45) is 1.44. The summed E-state index contributed by atoms with van der Waals surface area (Å²) in [4.78, 5) is 0. The quantitative estimate of drug-likeness (QED) is 0.947. The second-order valence-electron chi connectivity index (χ2n) is 3.64. The van der Waals surface area contributed by atoms with E-state index < -0.39 is 9.84 Å². The Hall–Kier alpha value is -1.04. The second-order valence-corrected chi connectivity index (χ2v) is 6.70. The van der Waals surface area contributed by atoms with Crippen molar-refractivity contribution in [3.63, 3.8) is 0 Å². The molecule has 0 spiro atoms. The maximum atomic E-state index is 11.9. The smallest absolute Gasteiger partial charge is 0.195 e. The molecule has 4 nitrogen and oxygen atoms in total. The van der Waals surface area contributed by atoms with Crippen LogP contribution in [0.4, 0.5) is 0 Å². The number of nitrogens with one attached hydrogen (secondary N) is 1. The van der Waals surface area contributed by atoms with Crippen LogP contribution in [0.2, 0.25) is 10.0 Å². The molecule has 0 fully saturated rings. The second kappa shape index (κ2) is 4.91. The third kappa shape index (κ3) is 2.39. The monoisotopic (exact) mass is 304 g/mol. The topological polar surface area (TPSA) is 62.8 Å². The molecule has 0 saturated heterocycles. The molecule has 0 aliphatic carbocycles. The van der Waals surface area contributed by atoms with Crippen molar-refractivity contribution in [2.75, 3.05) is 5.75 Å². The molecule has 0 unspecified atom stereocenters. The van der Waals surface area contributed by atoms with Gasteiger partial charge in [-0.2, -0.15) is 5.10 Å². The first-order chi connectivity index (χ1) is 8.45. The van der Waals surface area contributed by atoms with E-state index in [0.29, 0.717) is 21.2 Å². The lowest BCUT2D eigenvalue weighted by Gasteiger charge is -2.05.